The van der Waals surface area contributed by atoms with Crippen molar-refractivity contribution < 1.29 is 19.0 Å². The van der Waals surface area contributed by atoms with Gasteiger partial charge in [0.1, 0.15) is 11.0 Å². The van der Waals surface area contributed by atoms with Crippen molar-refractivity contribution in [1.82, 2.24) is 15.3 Å². The molecule has 0 saturated carbocycles. The minimum Gasteiger partial charge on any atom is -0.387 e. The average molecular weight is 437 g/mol. The lowest BCUT2D eigenvalue weighted by Crippen LogP contribution is -2.43. The number of amides is 1. The molecule has 1 atom stereocenters. The van der Waals surface area contributed by atoms with E-state index in [4.69, 9.17) is 4.74 Å². The van der Waals surface area contributed by atoms with Crippen molar-refractivity contribution in [1.29, 1.82) is 0 Å². The summed E-state index contributed by atoms with van der Waals surface area (Å²) < 4.78 is 19.3. The highest BCUT2D eigenvalue weighted by Crippen LogP contribution is 2.39. The van der Waals surface area contributed by atoms with Gasteiger partial charge >= 0.3 is 0 Å². The highest BCUT2D eigenvalue weighted by atomic mass is 32.1. The fourth-order valence-electron chi connectivity index (χ4n) is 2.83. The van der Waals surface area contributed by atoms with Gasteiger partial charge in [0.05, 0.1) is 53.0 Å². The molecule has 29 heavy (non-hydrogen) atoms. The molecule has 0 radical (unpaired) electrons. The van der Waals surface area contributed by atoms with E-state index in [-0.39, 0.29) is 12.6 Å². The van der Waals surface area contributed by atoms with Crippen LogP contribution >= 0.6 is 22.7 Å². The van der Waals surface area contributed by atoms with Crippen molar-refractivity contribution in [3.05, 3.63) is 29.5 Å². The molecule has 7 nitrogen and oxygen atoms in total. The van der Waals surface area contributed by atoms with Crippen LogP contribution in [0.1, 0.15) is 24.2 Å². The standard InChI is InChI=1S/C19H21FN4O3S2/c1-19(2,26)15(20)6-22-17(25)12-4-23-18-11(16(12)24-10-7-27-8-10)3-13(29-18)14-5-21-9-28-14/h3-5,9-10,15,26H,6-8H2,1-2H3,(H,22,25)(H,23,24)/t15-/m1/s1. The summed E-state index contributed by atoms with van der Waals surface area (Å²) in [5, 5.41) is 16.5. The van der Waals surface area contributed by atoms with Crippen LogP contribution in [0.15, 0.2) is 24.0 Å². The topological polar surface area (TPSA) is 96.4 Å². The fourth-order valence-corrected chi connectivity index (χ4v) is 4.54. The smallest absolute Gasteiger partial charge is 0.255 e. The van der Waals surface area contributed by atoms with Gasteiger partial charge in [-0.3, -0.25) is 9.78 Å². The van der Waals surface area contributed by atoms with Gasteiger partial charge in [0.15, 0.2) is 0 Å². The molecule has 1 saturated heterocycles. The molecule has 1 aliphatic rings. The Morgan fingerprint density at radius 1 is 1.41 bits per heavy atom. The summed E-state index contributed by atoms with van der Waals surface area (Å²) in [4.78, 5) is 24.2. The average Bonchev–Trinajstić information content (AvgIpc) is 3.30. The maximum atomic E-state index is 14.1. The van der Waals surface area contributed by atoms with Crippen LogP contribution in [0.5, 0.6) is 0 Å². The Hall–Kier alpha value is -2.14. The highest BCUT2D eigenvalue weighted by molar-refractivity contribution is 7.25. The molecule has 3 N–H and O–H groups in total. The Morgan fingerprint density at radius 2 is 2.21 bits per heavy atom. The summed E-state index contributed by atoms with van der Waals surface area (Å²) in [5.41, 5.74) is 1.23. The molecule has 4 rings (SSSR count). The molecule has 10 heteroatoms. The number of carbonyl (C=O) groups is 1. The highest BCUT2D eigenvalue weighted by Gasteiger charge is 2.28. The van der Waals surface area contributed by atoms with Crippen LogP contribution in [0.2, 0.25) is 0 Å². The number of hydrogen-bond acceptors (Lipinski definition) is 8. The number of aliphatic hydroxyl groups is 1. The third kappa shape index (κ3) is 4.25. The molecule has 0 bridgehead atoms. The lowest BCUT2D eigenvalue weighted by Gasteiger charge is -2.29. The molecule has 154 valence electrons. The predicted octanol–water partition coefficient (Wildman–Crippen LogP) is 3.07. The number of alkyl halides is 1. The van der Waals surface area contributed by atoms with Gasteiger partial charge in [-0.05, 0) is 19.9 Å². The number of fused-ring (bicyclic) bond motifs is 1. The molecule has 1 fully saturated rings. The van der Waals surface area contributed by atoms with Gasteiger partial charge in [0.25, 0.3) is 5.91 Å². The van der Waals surface area contributed by atoms with E-state index in [1.165, 1.54) is 42.7 Å². The minimum absolute atomic E-state index is 0.101. The number of nitrogens with zero attached hydrogens (tertiary/aromatic N) is 2. The normalized spacial score (nSPS) is 15.9. The zero-order chi connectivity index (χ0) is 20.6. The first-order valence-corrected chi connectivity index (χ1v) is 10.8. The van der Waals surface area contributed by atoms with Gasteiger partial charge in [-0.25, -0.2) is 9.37 Å². The maximum absolute atomic E-state index is 14.1. The van der Waals surface area contributed by atoms with Crippen LogP contribution in [0, 0.1) is 0 Å². The van der Waals surface area contributed by atoms with E-state index < -0.39 is 17.7 Å². The van der Waals surface area contributed by atoms with Crippen molar-refractivity contribution in [2.45, 2.75) is 31.7 Å². The first-order valence-electron chi connectivity index (χ1n) is 9.13. The maximum Gasteiger partial charge on any atom is 0.255 e. The number of halogens is 1. The molecule has 0 unspecified atom stereocenters. The van der Waals surface area contributed by atoms with Gasteiger partial charge in [0.2, 0.25) is 0 Å². The summed E-state index contributed by atoms with van der Waals surface area (Å²) in [6, 6.07) is 2.10. The molecule has 4 heterocycles. The van der Waals surface area contributed by atoms with E-state index in [9.17, 15) is 14.3 Å². The minimum atomic E-state index is -1.58. The second-order valence-electron chi connectivity index (χ2n) is 7.45. The van der Waals surface area contributed by atoms with Crippen LogP contribution in [0.25, 0.3) is 20.0 Å². The number of hydrogen-bond donors (Lipinski definition) is 3. The van der Waals surface area contributed by atoms with Gasteiger partial charge < -0.3 is 20.5 Å². The summed E-state index contributed by atoms with van der Waals surface area (Å²) >= 11 is 3.06. The number of thiazole rings is 1. The molecule has 3 aromatic heterocycles. The van der Waals surface area contributed by atoms with Gasteiger partial charge in [0, 0.05) is 22.7 Å². The largest absolute Gasteiger partial charge is 0.387 e. The summed E-state index contributed by atoms with van der Waals surface area (Å²) in [7, 11) is 0. The number of thiophene rings is 1. The molecule has 1 amide bonds. The number of anilines is 1. The van der Waals surface area contributed by atoms with Gasteiger partial charge in [-0.2, -0.15) is 0 Å². The fraction of sp³-hybridized carbons (Fsp3) is 0.421. The number of rotatable bonds is 7. The van der Waals surface area contributed by atoms with Crippen LogP contribution in [0.3, 0.4) is 0 Å². The van der Waals surface area contributed by atoms with E-state index in [0.29, 0.717) is 24.5 Å². The zero-order valence-corrected chi connectivity index (χ0v) is 17.6. The lowest BCUT2D eigenvalue weighted by atomic mass is 10.0. The van der Waals surface area contributed by atoms with Crippen LogP contribution in [-0.2, 0) is 4.74 Å². The van der Waals surface area contributed by atoms with E-state index in [0.717, 1.165) is 20.0 Å². The Morgan fingerprint density at radius 3 is 2.83 bits per heavy atom. The van der Waals surface area contributed by atoms with E-state index in [1.807, 2.05) is 6.07 Å². The Kier molecular flexibility index (Phi) is 5.52. The van der Waals surface area contributed by atoms with E-state index in [2.05, 4.69) is 20.6 Å². The first kappa shape index (κ1) is 20.1. The number of ether oxygens (including phenoxy) is 1. The molecule has 0 aliphatic carbocycles. The van der Waals surface area contributed by atoms with Crippen molar-refractivity contribution in [2.75, 3.05) is 25.1 Å². The molecular formula is C19H21FN4O3S2. The van der Waals surface area contributed by atoms with E-state index >= 15 is 0 Å². The van der Waals surface area contributed by atoms with Crippen molar-refractivity contribution in [3.63, 3.8) is 0 Å². The monoisotopic (exact) mass is 436 g/mol. The lowest BCUT2D eigenvalue weighted by molar-refractivity contribution is -0.00178. The van der Waals surface area contributed by atoms with Crippen molar-refractivity contribution in [2.24, 2.45) is 0 Å². The summed E-state index contributed by atoms with van der Waals surface area (Å²) in [5.74, 6) is -0.445. The van der Waals surface area contributed by atoms with Gasteiger partial charge in [-0.1, -0.05) is 0 Å². The van der Waals surface area contributed by atoms with Crippen LogP contribution < -0.4 is 10.6 Å². The number of carbonyl (C=O) groups excluding carboxylic acids is 1. The third-order valence-corrected chi connectivity index (χ3v) is 6.69. The molecular weight excluding hydrogens is 415 g/mol. The summed E-state index contributed by atoms with van der Waals surface area (Å²) in [6.07, 6.45) is 1.72. The molecule has 3 aromatic rings. The van der Waals surface area contributed by atoms with Crippen LogP contribution in [0.4, 0.5) is 10.1 Å². The second-order valence-corrected chi connectivity index (χ2v) is 9.37. The van der Waals surface area contributed by atoms with Crippen molar-refractivity contribution in [3.8, 4) is 9.75 Å². The van der Waals surface area contributed by atoms with Crippen molar-refractivity contribution >= 4 is 44.5 Å². The second kappa shape index (κ2) is 7.94. The first-order chi connectivity index (χ1) is 13.8. The third-order valence-electron chi connectivity index (χ3n) is 4.68. The SMILES string of the molecule is CC(C)(O)[C@H](F)CNC(=O)c1cnc2sc(-c3cncs3)cc2c1NC1COC1. The molecule has 1 aliphatic heterocycles. The molecule has 0 aromatic carbocycles. The Balaban J connectivity index is 1.66. The van der Waals surface area contributed by atoms with E-state index in [1.54, 1.807) is 11.7 Å². The molecule has 0 spiro atoms. The Bertz CT molecular complexity index is 1010. The summed E-state index contributed by atoms with van der Waals surface area (Å²) in [6.45, 7) is 3.56. The Labute approximate surface area is 175 Å². The number of aromatic nitrogens is 2. The van der Waals surface area contributed by atoms with Crippen LogP contribution in [-0.4, -0.2) is 58.6 Å². The van der Waals surface area contributed by atoms with Gasteiger partial charge in [-0.15, -0.1) is 22.7 Å². The number of nitrogens with one attached hydrogen (secondary N) is 2. The quantitative estimate of drug-likeness (QED) is 0.527. The number of pyridine rings is 1. The zero-order valence-electron chi connectivity index (χ0n) is 15.9. The predicted molar refractivity (Wildman–Crippen MR) is 112 cm³/mol.